The zero-order valence-electron chi connectivity index (χ0n) is 9.28. The monoisotopic (exact) mass is 198 g/mol. The van der Waals surface area contributed by atoms with Gasteiger partial charge in [0, 0.05) is 11.8 Å². The van der Waals surface area contributed by atoms with E-state index in [1.807, 2.05) is 13.0 Å². The second-order valence-corrected chi connectivity index (χ2v) is 3.81. The van der Waals surface area contributed by atoms with Crippen molar-refractivity contribution in [3.8, 4) is 11.3 Å². The number of nitrogens with zero attached hydrogens (tertiary/aromatic N) is 2. The van der Waals surface area contributed by atoms with Crippen molar-refractivity contribution in [3.05, 3.63) is 47.4 Å². The molecule has 0 atom stereocenters. The van der Waals surface area contributed by atoms with Crippen LogP contribution in [0.5, 0.6) is 0 Å². The molecule has 76 valence electrons. The van der Waals surface area contributed by atoms with Crippen LogP contribution in [0.25, 0.3) is 11.3 Å². The first-order chi connectivity index (χ1) is 7.16. The van der Waals surface area contributed by atoms with E-state index >= 15 is 0 Å². The second-order valence-electron chi connectivity index (χ2n) is 3.81. The van der Waals surface area contributed by atoms with Gasteiger partial charge in [-0.2, -0.15) is 0 Å². The number of hydrogen-bond donors (Lipinski definition) is 0. The van der Waals surface area contributed by atoms with Crippen LogP contribution in [0.15, 0.2) is 30.5 Å². The Balaban J connectivity index is 2.58. The largest absolute Gasteiger partial charge is 0.242 e. The van der Waals surface area contributed by atoms with E-state index in [1.54, 1.807) is 6.20 Å². The molecule has 0 aliphatic carbocycles. The summed E-state index contributed by atoms with van der Waals surface area (Å²) in [5, 5.41) is 0. The fourth-order valence-electron chi connectivity index (χ4n) is 1.62. The molecule has 2 heteroatoms. The fourth-order valence-corrected chi connectivity index (χ4v) is 1.62. The predicted molar refractivity (Wildman–Crippen MR) is 61.7 cm³/mol. The molecule has 0 unspecified atom stereocenters. The van der Waals surface area contributed by atoms with Crippen molar-refractivity contribution in [1.82, 2.24) is 9.97 Å². The summed E-state index contributed by atoms with van der Waals surface area (Å²) in [6.07, 6.45) is 1.80. The zero-order valence-corrected chi connectivity index (χ0v) is 9.28. The van der Waals surface area contributed by atoms with Crippen LogP contribution in [0, 0.1) is 20.8 Å². The lowest BCUT2D eigenvalue weighted by Gasteiger charge is -2.06. The summed E-state index contributed by atoms with van der Waals surface area (Å²) in [5.74, 6) is 0.813. The second kappa shape index (κ2) is 3.81. The van der Waals surface area contributed by atoms with Gasteiger partial charge in [-0.3, -0.25) is 0 Å². The van der Waals surface area contributed by atoms with Gasteiger partial charge in [0.05, 0.1) is 5.69 Å². The van der Waals surface area contributed by atoms with Gasteiger partial charge >= 0.3 is 0 Å². The highest BCUT2D eigenvalue weighted by molar-refractivity contribution is 5.63. The zero-order chi connectivity index (χ0) is 10.8. The Morgan fingerprint density at radius 1 is 1.00 bits per heavy atom. The fraction of sp³-hybridized carbons (Fsp3) is 0.231. The summed E-state index contributed by atoms with van der Waals surface area (Å²) >= 11 is 0. The molecular formula is C13H14N2. The summed E-state index contributed by atoms with van der Waals surface area (Å²) in [6.45, 7) is 6.11. The van der Waals surface area contributed by atoms with Crippen molar-refractivity contribution in [1.29, 1.82) is 0 Å². The lowest BCUT2D eigenvalue weighted by molar-refractivity contribution is 1.06. The third kappa shape index (κ3) is 2.04. The average molecular weight is 198 g/mol. The molecular weight excluding hydrogens is 184 g/mol. The van der Waals surface area contributed by atoms with Crippen LogP contribution >= 0.6 is 0 Å². The number of aromatic nitrogens is 2. The maximum Gasteiger partial charge on any atom is 0.125 e. The van der Waals surface area contributed by atoms with Crippen molar-refractivity contribution in [3.63, 3.8) is 0 Å². The molecule has 0 amide bonds. The molecule has 0 spiro atoms. The van der Waals surface area contributed by atoms with Crippen LogP contribution < -0.4 is 0 Å². The highest BCUT2D eigenvalue weighted by Gasteiger charge is 2.03. The number of aryl methyl sites for hydroxylation is 3. The van der Waals surface area contributed by atoms with Gasteiger partial charge < -0.3 is 0 Å². The smallest absolute Gasteiger partial charge is 0.125 e. The first-order valence-electron chi connectivity index (χ1n) is 5.04. The lowest BCUT2D eigenvalue weighted by atomic mass is 10.0. The molecule has 0 aliphatic rings. The number of rotatable bonds is 1. The lowest BCUT2D eigenvalue weighted by Crippen LogP contribution is -1.92. The molecule has 1 aromatic carbocycles. The van der Waals surface area contributed by atoms with E-state index in [1.165, 1.54) is 16.7 Å². The number of hydrogen-bond acceptors (Lipinski definition) is 2. The third-order valence-electron chi connectivity index (χ3n) is 2.45. The van der Waals surface area contributed by atoms with E-state index in [-0.39, 0.29) is 0 Å². The maximum atomic E-state index is 4.43. The van der Waals surface area contributed by atoms with E-state index in [0.29, 0.717) is 0 Å². The van der Waals surface area contributed by atoms with Crippen molar-refractivity contribution < 1.29 is 0 Å². The molecule has 15 heavy (non-hydrogen) atoms. The Hall–Kier alpha value is -1.70. The molecule has 1 aromatic heterocycles. The van der Waals surface area contributed by atoms with E-state index < -0.39 is 0 Å². The average Bonchev–Trinajstić information content (AvgIpc) is 2.22. The van der Waals surface area contributed by atoms with Crippen LogP contribution in [0.3, 0.4) is 0 Å². The Kier molecular flexibility index (Phi) is 2.50. The highest BCUT2D eigenvalue weighted by Crippen LogP contribution is 2.22. The summed E-state index contributed by atoms with van der Waals surface area (Å²) in [5.41, 5.74) is 4.70. The van der Waals surface area contributed by atoms with Crippen molar-refractivity contribution in [2.24, 2.45) is 0 Å². The van der Waals surface area contributed by atoms with Gasteiger partial charge in [0.15, 0.2) is 0 Å². The molecule has 0 radical (unpaired) electrons. The van der Waals surface area contributed by atoms with E-state index in [0.717, 1.165) is 11.5 Å². The minimum absolute atomic E-state index is 0.813. The molecule has 1 heterocycles. The van der Waals surface area contributed by atoms with Gasteiger partial charge in [-0.05, 0) is 38.5 Å². The van der Waals surface area contributed by atoms with Crippen molar-refractivity contribution in [2.45, 2.75) is 20.8 Å². The van der Waals surface area contributed by atoms with E-state index in [9.17, 15) is 0 Å². The quantitative estimate of drug-likeness (QED) is 0.703. The molecule has 2 nitrogen and oxygen atoms in total. The first-order valence-corrected chi connectivity index (χ1v) is 5.04. The molecule has 0 N–H and O–H groups in total. The molecule has 0 fully saturated rings. The Bertz CT molecular complexity index is 490. The van der Waals surface area contributed by atoms with Crippen LogP contribution in [-0.4, -0.2) is 9.97 Å². The van der Waals surface area contributed by atoms with Crippen LogP contribution in [0.2, 0.25) is 0 Å². The summed E-state index contributed by atoms with van der Waals surface area (Å²) < 4.78 is 0. The van der Waals surface area contributed by atoms with Gasteiger partial charge in [-0.25, -0.2) is 9.97 Å². The molecule has 0 bridgehead atoms. The SMILES string of the molecule is Cc1ccc(C)c(-c2ccnc(C)n2)c1. The standard InChI is InChI=1S/C13H14N2/c1-9-4-5-10(2)12(8-9)13-6-7-14-11(3)15-13/h4-8H,1-3H3. The van der Waals surface area contributed by atoms with Gasteiger partial charge in [0.2, 0.25) is 0 Å². The topological polar surface area (TPSA) is 25.8 Å². The van der Waals surface area contributed by atoms with Gasteiger partial charge in [-0.1, -0.05) is 17.7 Å². The van der Waals surface area contributed by atoms with Crippen LogP contribution in [-0.2, 0) is 0 Å². The molecule has 2 aromatic rings. The minimum Gasteiger partial charge on any atom is -0.242 e. The van der Waals surface area contributed by atoms with Gasteiger partial charge in [0.1, 0.15) is 5.82 Å². The third-order valence-corrected chi connectivity index (χ3v) is 2.45. The number of benzene rings is 1. The summed E-state index contributed by atoms with van der Waals surface area (Å²) in [6, 6.07) is 8.36. The van der Waals surface area contributed by atoms with Crippen molar-refractivity contribution in [2.75, 3.05) is 0 Å². The van der Waals surface area contributed by atoms with Crippen LogP contribution in [0.4, 0.5) is 0 Å². The predicted octanol–water partition coefficient (Wildman–Crippen LogP) is 3.07. The van der Waals surface area contributed by atoms with E-state index in [2.05, 4.69) is 42.0 Å². The molecule has 2 rings (SSSR count). The maximum absolute atomic E-state index is 4.43. The van der Waals surface area contributed by atoms with Crippen LogP contribution in [0.1, 0.15) is 17.0 Å². The van der Waals surface area contributed by atoms with E-state index in [4.69, 9.17) is 0 Å². The minimum atomic E-state index is 0.813. The van der Waals surface area contributed by atoms with Gasteiger partial charge in [-0.15, -0.1) is 0 Å². The molecule has 0 aliphatic heterocycles. The Morgan fingerprint density at radius 3 is 2.53 bits per heavy atom. The van der Waals surface area contributed by atoms with Crippen molar-refractivity contribution >= 4 is 0 Å². The molecule has 0 saturated heterocycles. The highest BCUT2D eigenvalue weighted by atomic mass is 14.9. The molecule has 0 saturated carbocycles. The normalized spacial score (nSPS) is 10.3. The summed E-state index contributed by atoms with van der Waals surface area (Å²) in [7, 11) is 0. The summed E-state index contributed by atoms with van der Waals surface area (Å²) in [4.78, 5) is 8.54. The Labute approximate surface area is 90.0 Å². The first kappa shape index (κ1) is 9.84. The Morgan fingerprint density at radius 2 is 1.80 bits per heavy atom. The van der Waals surface area contributed by atoms with Gasteiger partial charge in [0.25, 0.3) is 0 Å².